The fraction of sp³-hybridized carbons (Fsp3) is 0.385. The summed E-state index contributed by atoms with van der Waals surface area (Å²) in [5, 5.41) is 1.19. The zero-order valence-electron chi connectivity index (χ0n) is 9.50. The van der Waals surface area contributed by atoms with Crippen LogP contribution in [-0.4, -0.2) is 6.54 Å². The van der Waals surface area contributed by atoms with Crippen LogP contribution in [0.5, 0.6) is 0 Å². The molecule has 2 heteroatoms. The predicted octanol–water partition coefficient (Wildman–Crippen LogP) is 2.98. The maximum absolute atomic E-state index is 5.82. The van der Waals surface area contributed by atoms with Gasteiger partial charge in [-0.3, -0.25) is 0 Å². The molecule has 0 saturated carbocycles. The van der Waals surface area contributed by atoms with E-state index in [9.17, 15) is 0 Å². The van der Waals surface area contributed by atoms with E-state index in [1.54, 1.807) is 0 Å². The van der Waals surface area contributed by atoms with Crippen LogP contribution < -0.4 is 5.73 Å². The Hall–Kier alpha value is -1.28. The maximum atomic E-state index is 5.82. The van der Waals surface area contributed by atoms with Gasteiger partial charge >= 0.3 is 0 Å². The molecule has 2 rings (SSSR count). The predicted molar refractivity (Wildman–Crippen MR) is 63.0 cm³/mol. The molecular formula is C13H17NO. The maximum Gasteiger partial charge on any atom is 0.134 e. The summed E-state index contributed by atoms with van der Waals surface area (Å²) in [5.41, 5.74) is 7.97. The van der Waals surface area contributed by atoms with Crippen LogP contribution in [0.25, 0.3) is 11.0 Å². The minimum atomic E-state index is -0.0311. The van der Waals surface area contributed by atoms with Gasteiger partial charge in [0.15, 0.2) is 0 Å². The van der Waals surface area contributed by atoms with Gasteiger partial charge in [-0.15, -0.1) is 0 Å². The van der Waals surface area contributed by atoms with Gasteiger partial charge in [0.25, 0.3) is 0 Å². The first-order valence-corrected chi connectivity index (χ1v) is 5.25. The molecule has 0 saturated heterocycles. The highest BCUT2D eigenvalue weighted by Crippen LogP contribution is 2.34. The number of benzene rings is 1. The van der Waals surface area contributed by atoms with Crippen molar-refractivity contribution in [2.75, 3.05) is 6.54 Å². The Bertz CT molecular complexity index is 482. The summed E-state index contributed by atoms with van der Waals surface area (Å²) >= 11 is 0. The molecule has 0 unspecified atom stereocenters. The minimum Gasteiger partial charge on any atom is -0.461 e. The van der Waals surface area contributed by atoms with Gasteiger partial charge in [-0.1, -0.05) is 32.0 Å². The SMILES string of the molecule is Cc1oc2ccccc2c1C(C)(C)CN. The molecule has 0 bridgehead atoms. The molecule has 2 N–H and O–H groups in total. The average Bonchev–Trinajstić information content (AvgIpc) is 2.54. The third-order valence-corrected chi connectivity index (χ3v) is 2.96. The molecule has 1 aromatic heterocycles. The molecule has 0 aliphatic heterocycles. The van der Waals surface area contributed by atoms with Crippen molar-refractivity contribution < 1.29 is 4.42 Å². The number of hydrogen-bond donors (Lipinski definition) is 1. The Labute approximate surface area is 90.1 Å². The highest BCUT2D eigenvalue weighted by molar-refractivity contribution is 5.83. The second-order valence-corrected chi connectivity index (χ2v) is 4.62. The zero-order chi connectivity index (χ0) is 11.1. The average molecular weight is 203 g/mol. The van der Waals surface area contributed by atoms with Crippen molar-refractivity contribution in [2.24, 2.45) is 5.73 Å². The first-order valence-electron chi connectivity index (χ1n) is 5.25. The van der Waals surface area contributed by atoms with Gasteiger partial charge in [0.2, 0.25) is 0 Å². The van der Waals surface area contributed by atoms with Crippen molar-refractivity contribution in [3.63, 3.8) is 0 Å². The smallest absolute Gasteiger partial charge is 0.134 e. The molecule has 1 heterocycles. The number of nitrogens with two attached hydrogens (primary N) is 1. The van der Waals surface area contributed by atoms with E-state index in [-0.39, 0.29) is 5.41 Å². The zero-order valence-corrected chi connectivity index (χ0v) is 9.50. The Kier molecular flexibility index (Phi) is 2.31. The molecule has 0 radical (unpaired) electrons. The van der Waals surface area contributed by atoms with Crippen LogP contribution in [0.4, 0.5) is 0 Å². The Balaban J connectivity index is 2.74. The molecule has 2 nitrogen and oxygen atoms in total. The lowest BCUT2D eigenvalue weighted by atomic mass is 9.83. The van der Waals surface area contributed by atoms with Crippen LogP contribution in [0.15, 0.2) is 28.7 Å². The van der Waals surface area contributed by atoms with Gasteiger partial charge < -0.3 is 10.2 Å². The Morgan fingerprint density at radius 2 is 1.93 bits per heavy atom. The number of fused-ring (bicyclic) bond motifs is 1. The molecule has 0 aliphatic carbocycles. The van der Waals surface area contributed by atoms with Crippen LogP contribution in [0.1, 0.15) is 25.2 Å². The largest absolute Gasteiger partial charge is 0.461 e. The van der Waals surface area contributed by atoms with E-state index in [2.05, 4.69) is 19.9 Å². The van der Waals surface area contributed by atoms with Gasteiger partial charge in [0, 0.05) is 22.9 Å². The molecule has 2 aromatic rings. The van der Waals surface area contributed by atoms with Crippen LogP contribution in [-0.2, 0) is 5.41 Å². The van der Waals surface area contributed by atoms with Gasteiger partial charge in [-0.2, -0.15) is 0 Å². The molecule has 0 aliphatic rings. The van der Waals surface area contributed by atoms with Crippen molar-refractivity contribution >= 4 is 11.0 Å². The molecule has 0 fully saturated rings. The third kappa shape index (κ3) is 1.55. The Morgan fingerprint density at radius 3 is 2.60 bits per heavy atom. The molecular weight excluding hydrogens is 186 g/mol. The van der Waals surface area contributed by atoms with Gasteiger partial charge in [-0.25, -0.2) is 0 Å². The normalized spacial score (nSPS) is 12.3. The van der Waals surface area contributed by atoms with Gasteiger partial charge in [0.05, 0.1) is 0 Å². The minimum absolute atomic E-state index is 0.0311. The van der Waals surface area contributed by atoms with E-state index in [0.717, 1.165) is 11.3 Å². The van der Waals surface area contributed by atoms with Crippen LogP contribution in [0, 0.1) is 6.92 Å². The monoisotopic (exact) mass is 203 g/mol. The molecule has 0 atom stereocenters. The summed E-state index contributed by atoms with van der Waals surface area (Å²) in [6.45, 7) is 6.93. The van der Waals surface area contributed by atoms with Crippen molar-refractivity contribution in [3.8, 4) is 0 Å². The van der Waals surface area contributed by atoms with Crippen LogP contribution in [0.2, 0.25) is 0 Å². The van der Waals surface area contributed by atoms with E-state index in [0.29, 0.717) is 6.54 Å². The van der Waals surface area contributed by atoms with Crippen molar-refractivity contribution in [2.45, 2.75) is 26.2 Å². The first-order chi connectivity index (χ1) is 7.06. The van der Waals surface area contributed by atoms with Gasteiger partial charge in [0.1, 0.15) is 11.3 Å². The number of aryl methyl sites for hydroxylation is 1. The first kappa shape index (κ1) is 10.2. The summed E-state index contributed by atoms with van der Waals surface area (Å²) in [7, 11) is 0. The summed E-state index contributed by atoms with van der Waals surface area (Å²) < 4.78 is 5.73. The van der Waals surface area contributed by atoms with Crippen molar-refractivity contribution in [1.82, 2.24) is 0 Å². The van der Waals surface area contributed by atoms with Crippen molar-refractivity contribution in [3.05, 3.63) is 35.6 Å². The Morgan fingerprint density at radius 1 is 1.27 bits per heavy atom. The van der Waals surface area contributed by atoms with Crippen LogP contribution in [0.3, 0.4) is 0 Å². The van der Waals surface area contributed by atoms with E-state index < -0.39 is 0 Å². The van der Waals surface area contributed by atoms with Crippen molar-refractivity contribution in [1.29, 1.82) is 0 Å². The fourth-order valence-electron chi connectivity index (χ4n) is 2.11. The molecule has 15 heavy (non-hydrogen) atoms. The summed E-state index contributed by atoms with van der Waals surface area (Å²) in [6.07, 6.45) is 0. The molecule has 0 spiro atoms. The topological polar surface area (TPSA) is 39.2 Å². The second-order valence-electron chi connectivity index (χ2n) is 4.62. The van der Waals surface area contributed by atoms with Crippen LogP contribution >= 0.6 is 0 Å². The van der Waals surface area contributed by atoms with E-state index in [1.807, 2.05) is 25.1 Å². The highest BCUT2D eigenvalue weighted by Gasteiger charge is 2.25. The number of rotatable bonds is 2. The van der Waals surface area contributed by atoms with E-state index in [4.69, 9.17) is 10.2 Å². The van der Waals surface area contributed by atoms with Gasteiger partial charge in [-0.05, 0) is 13.0 Å². The summed E-state index contributed by atoms with van der Waals surface area (Å²) in [6, 6.07) is 8.12. The van der Waals surface area contributed by atoms with E-state index >= 15 is 0 Å². The quantitative estimate of drug-likeness (QED) is 0.815. The fourth-order valence-corrected chi connectivity index (χ4v) is 2.11. The molecule has 80 valence electrons. The number of para-hydroxylation sites is 1. The lowest BCUT2D eigenvalue weighted by Crippen LogP contribution is -2.28. The molecule has 0 amide bonds. The standard InChI is InChI=1S/C13H17NO/c1-9-12(13(2,3)8-14)10-6-4-5-7-11(10)15-9/h4-7H,8,14H2,1-3H3. The van der Waals surface area contributed by atoms with E-state index in [1.165, 1.54) is 10.9 Å². The number of hydrogen-bond acceptors (Lipinski definition) is 2. The third-order valence-electron chi connectivity index (χ3n) is 2.96. The number of furan rings is 1. The lowest BCUT2D eigenvalue weighted by molar-refractivity contribution is 0.506. The second kappa shape index (κ2) is 3.38. The molecule has 1 aromatic carbocycles. The highest BCUT2D eigenvalue weighted by atomic mass is 16.3. The summed E-state index contributed by atoms with van der Waals surface area (Å²) in [5.74, 6) is 0.978. The summed E-state index contributed by atoms with van der Waals surface area (Å²) in [4.78, 5) is 0. The lowest BCUT2D eigenvalue weighted by Gasteiger charge is -2.22.